The summed E-state index contributed by atoms with van der Waals surface area (Å²) in [5.41, 5.74) is 23.2. The number of benzene rings is 12. The Kier molecular flexibility index (Phi) is 15.9. The van der Waals surface area contributed by atoms with Crippen LogP contribution in [0.5, 0.6) is 0 Å². The first-order valence-corrected chi connectivity index (χ1v) is 25.9. The summed E-state index contributed by atoms with van der Waals surface area (Å²) in [7, 11) is 0. The average Bonchev–Trinajstić information content (AvgIpc) is 3.41. The van der Waals surface area contributed by atoms with E-state index in [2.05, 4.69) is 310 Å². The Balaban J connectivity index is 0.000000121. The van der Waals surface area contributed by atoms with Crippen LogP contribution in [0.1, 0.15) is 44.5 Å². The van der Waals surface area contributed by atoms with Crippen LogP contribution in [0.3, 0.4) is 0 Å². The molecule has 0 heterocycles. The molecule has 362 valence electrons. The number of aryl methyl sites for hydroxylation is 8. The summed E-state index contributed by atoms with van der Waals surface area (Å²) in [5, 5.41) is 7.85. The van der Waals surface area contributed by atoms with Crippen LogP contribution >= 0.6 is 0 Å². The van der Waals surface area contributed by atoms with Gasteiger partial charge in [-0.2, -0.15) is 0 Å². The summed E-state index contributed by atoms with van der Waals surface area (Å²) in [6.45, 7) is 17.1. The number of rotatable bonds is 5. The highest BCUT2D eigenvalue weighted by molar-refractivity contribution is 5.90. The van der Waals surface area contributed by atoms with Crippen molar-refractivity contribution in [2.45, 2.75) is 55.4 Å². The second-order valence-corrected chi connectivity index (χ2v) is 20.1. The van der Waals surface area contributed by atoms with Crippen LogP contribution < -0.4 is 0 Å². The predicted octanol–water partition coefficient (Wildman–Crippen LogP) is 21.0. The van der Waals surface area contributed by atoms with Crippen LogP contribution in [0, 0.1) is 55.4 Å². The monoisotopic (exact) mass is 955 g/mol. The minimum absolute atomic E-state index is 1.27. The molecule has 0 radical (unpaired) electrons. The van der Waals surface area contributed by atoms with E-state index in [0.717, 1.165) is 0 Å². The van der Waals surface area contributed by atoms with Crippen molar-refractivity contribution in [2.24, 2.45) is 0 Å². The van der Waals surface area contributed by atoms with Gasteiger partial charge in [0.05, 0.1) is 0 Å². The van der Waals surface area contributed by atoms with E-state index < -0.39 is 0 Å². The van der Waals surface area contributed by atoms with Gasteiger partial charge in [0.2, 0.25) is 0 Å². The average molecular weight is 955 g/mol. The predicted molar refractivity (Wildman–Crippen MR) is 323 cm³/mol. The molecule has 0 aromatic heterocycles. The molecule has 12 aromatic carbocycles. The van der Waals surface area contributed by atoms with Crippen LogP contribution in [0.25, 0.3) is 88.0 Å². The van der Waals surface area contributed by atoms with Gasteiger partial charge >= 0.3 is 0 Å². The Bertz CT molecular complexity index is 3810. The van der Waals surface area contributed by atoms with Gasteiger partial charge in [-0.25, -0.2) is 0 Å². The summed E-state index contributed by atoms with van der Waals surface area (Å²) in [6, 6.07) is 91.8. The van der Waals surface area contributed by atoms with E-state index in [4.69, 9.17) is 0 Å². The zero-order valence-electron chi connectivity index (χ0n) is 44.2. The van der Waals surface area contributed by atoms with Crippen molar-refractivity contribution >= 4 is 32.3 Å². The number of hydrogen-bond acceptors (Lipinski definition) is 0. The maximum Gasteiger partial charge on any atom is -0.0175 e. The molecule has 0 bridgehead atoms. The maximum atomic E-state index is 2.27. The van der Waals surface area contributed by atoms with Gasteiger partial charge in [-0.15, -0.1) is 0 Å². The van der Waals surface area contributed by atoms with Crippen molar-refractivity contribution in [2.75, 3.05) is 0 Å². The van der Waals surface area contributed by atoms with Gasteiger partial charge in [-0.1, -0.05) is 275 Å². The van der Waals surface area contributed by atoms with Crippen molar-refractivity contribution in [3.63, 3.8) is 0 Å². The highest BCUT2D eigenvalue weighted by atomic mass is 14.1. The smallest absolute Gasteiger partial charge is 0.0175 e. The lowest BCUT2D eigenvalue weighted by Crippen LogP contribution is -1.83. The molecule has 0 spiro atoms. The first kappa shape index (κ1) is 50.4. The molecule has 0 unspecified atom stereocenters. The molecule has 12 rings (SSSR count). The SMILES string of the molecule is Cc1ccc(-c2ccc3ccc(C)cc3c2)cc1.Cc1cccc(-c2ccc3cc(C)ccc3c2)c1.Cc1cccc(-c2ccc3ccc(C)cc3c2)c1.Cc1cccc(-c2cccc(-c3cccc(C)c3)c2)c1. The van der Waals surface area contributed by atoms with Gasteiger partial charge in [0, 0.05) is 0 Å². The first-order valence-electron chi connectivity index (χ1n) is 25.9. The fraction of sp³-hybridized carbons (Fsp3) is 0.108. The van der Waals surface area contributed by atoms with Crippen LogP contribution in [0.15, 0.2) is 255 Å². The third-order valence-electron chi connectivity index (χ3n) is 13.6. The summed E-state index contributed by atoms with van der Waals surface area (Å²) >= 11 is 0. The van der Waals surface area contributed by atoms with E-state index in [1.807, 2.05) is 0 Å². The van der Waals surface area contributed by atoms with E-state index in [0.29, 0.717) is 0 Å². The van der Waals surface area contributed by atoms with Crippen LogP contribution in [-0.4, -0.2) is 0 Å². The van der Waals surface area contributed by atoms with Crippen molar-refractivity contribution in [1.82, 2.24) is 0 Å². The fourth-order valence-corrected chi connectivity index (χ4v) is 9.56. The molecule has 0 aliphatic rings. The molecule has 12 aromatic rings. The molecule has 0 heteroatoms. The lowest BCUT2D eigenvalue weighted by Gasteiger charge is -2.07. The standard InChI is InChI=1S/C20H18.3C18H16/c1-15-6-3-8-17(12-15)19-10-5-11-20(14-19)18-9-4-7-16(2)13-18;1-13-3-6-15(7-4-13)17-10-9-16-8-5-14(2)11-18(16)12-17;1-13-4-3-5-16(10-13)17-9-8-15-7-6-14(2)11-18(15)12-17;1-13-4-3-5-15(10-13)18-9-8-16-11-14(2)6-7-17(16)12-18/h3-14H,1-2H3;3*3-12H,1-2H3. The van der Waals surface area contributed by atoms with Gasteiger partial charge in [0.15, 0.2) is 0 Å². The second kappa shape index (κ2) is 23.3. The molecular weight excluding hydrogens is 889 g/mol. The molecule has 0 saturated carbocycles. The van der Waals surface area contributed by atoms with Crippen LogP contribution in [-0.2, 0) is 0 Å². The van der Waals surface area contributed by atoms with Crippen molar-refractivity contribution in [3.05, 3.63) is 299 Å². The summed E-state index contributed by atoms with van der Waals surface area (Å²) in [4.78, 5) is 0. The Labute approximate surface area is 440 Å². The summed E-state index contributed by atoms with van der Waals surface area (Å²) < 4.78 is 0. The van der Waals surface area contributed by atoms with Gasteiger partial charge in [-0.3, -0.25) is 0 Å². The first-order chi connectivity index (χ1) is 35.9. The highest BCUT2D eigenvalue weighted by Crippen LogP contribution is 2.30. The lowest BCUT2D eigenvalue weighted by atomic mass is 9.97. The molecule has 0 fully saturated rings. The van der Waals surface area contributed by atoms with Gasteiger partial charge in [-0.05, 0) is 168 Å². The third-order valence-corrected chi connectivity index (χ3v) is 13.6. The van der Waals surface area contributed by atoms with Crippen molar-refractivity contribution in [3.8, 4) is 55.6 Å². The van der Waals surface area contributed by atoms with E-state index in [1.165, 1.54) is 132 Å². The second-order valence-electron chi connectivity index (χ2n) is 20.1. The summed E-state index contributed by atoms with van der Waals surface area (Å²) in [5.74, 6) is 0. The largest absolute Gasteiger partial charge is 0.0614 e. The third kappa shape index (κ3) is 13.1. The molecule has 0 aliphatic heterocycles. The van der Waals surface area contributed by atoms with Crippen molar-refractivity contribution < 1.29 is 0 Å². The Morgan fingerprint density at radius 1 is 0.135 bits per heavy atom. The molecule has 0 N–H and O–H groups in total. The molecule has 0 aliphatic carbocycles. The fourth-order valence-electron chi connectivity index (χ4n) is 9.56. The molecule has 0 atom stereocenters. The molecule has 0 amide bonds. The Morgan fingerprint density at radius 2 is 0.365 bits per heavy atom. The van der Waals surface area contributed by atoms with Crippen LogP contribution in [0.2, 0.25) is 0 Å². The molecular formula is C74H66. The molecule has 0 nitrogen and oxygen atoms in total. The Morgan fingerprint density at radius 3 is 0.757 bits per heavy atom. The number of hydrogen-bond donors (Lipinski definition) is 0. The quantitative estimate of drug-likeness (QED) is 0.161. The zero-order chi connectivity index (χ0) is 51.6. The van der Waals surface area contributed by atoms with Gasteiger partial charge < -0.3 is 0 Å². The van der Waals surface area contributed by atoms with Gasteiger partial charge in [0.1, 0.15) is 0 Å². The lowest BCUT2D eigenvalue weighted by molar-refractivity contribution is 1.46. The van der Waals surface area contributed by atoms with E-state index in [-0.39, 0.29) is 0 Å². The van der Waals surface area contributed by atoms with Crippen LogP contribution in [0.4, 0.5) is 0 Å². The highest BCUT2D eigenvalue weighted by Gasteiger charge is 2.05. The minimum Gasteiger partial charge on any atom is -0.0614 e. The van der Waals surface area contributed by atoms with E-state index >= 15 is 0 Å². The topological polar surface area (TPSA) is 0 Å². The van der Waals surface area contributed by atoms with E-state index in [1.54, 1.807) is 0 Å². The summed E-state index contributed by atoms with van der Waals surface area (Å²) in [6.07, 6.45) is 0. The van der Waals surface area contributed by atoms with Gasteiger partial charge in [0.25, 0.3) is 0 Å². The normalized spacial score (nSPS) is 10.7. The molecule has 74 heavy (non-hydrogen) atoms. The molecule has 0 saturated heterocycles. The maximum absolute atomic E-state index is 2.27. The van der Waals surface area contributed by atoms with Crippen molar-refractivity contribution in [1.29, 1.82) is 0 Å². The minimum atomic E-state index is 1.27. The van der Waals surface area contributed by atoms with E-state index in [9.17, 15) is 0 Å². The zero-order valence-corrected chi connectivity index (χ0v) is 44.2. The number of fused-ring (bicyclic) bond motifs is 3. The Hall–Kier alpha value is -8.58.